The molecule has 1 fully saturated rings. The molecular formula is C22H22N2O2S. The summed E-state index contributed by atoms with van der Waals surface area (Å²) in [5, 5.41) is 2.73. The fraction of sp³-hybridized carbons (Fsp3) is 0.273. The number of amides is 1. The summed E-state index contributed by atoms with van der Waals surface area (Å²) in [4.78, 5) is 19.8. The van der Waals surface area contributed by atoms with E-state index in [1.165, 1.54) is 11.3 Å². The van der Waals surface area contributed by atoms with Crippen LogP contribution in [-0.2, 0) is 4.74 Å². The van der Waals surface area contributed by atoms with E-state index in [-0.39, 0.29) is 12.0 Å². The summed E-state index contributed by atoms with van der Waals surface area (Å²) in [6, 6.07) is 17.7. The lowest BCUT2D eigenvalue weighted by Gasteiger charge is -2.23. The number of ether oxygens (including phenoxy) is 1. The Kier molecular flexibility index (Phi) is 5.32. The highest BCUT2D eigenvalue weighted by molar-refractivity contribution is 7.14. The lowest BCUT2D eigenvalue weighted by Crippen LogP contribution is -2.37. The lowest BCUT2D eigenvalue weighted by atomic mass is 10.1. The standard InChI is InChI=1S/C22H22N2O2S/c1-16-9-11-18(12-10-16)21(25)24(14-19-8-5-13-26-19)22-23-20(15-27-22)17-6-3-2-4-7-17/h2-4,6-7,9-12,15,19H,5,8,13-14H2,1H3. The zero-order valence-corrected chi connectivity index (χ0v) is 16.1. The smallest absolute Gasteiger partial charge is 0.260 e. The van der Waals surface area contributed by atoms with Crippen molar-refractivity contribution in [2.45, 2.75) is 25.9 Å². The number of hydrogen-bond acceptors (Lipinski definition) is 4. The van der Waals surface area contributed by atoms with E-state index < -0.39 is 0 Å². The predicted molar refractivity (Wildman–Crippen MR) is 109 cm³/mol. The van der Waals surface area contributed by atoms with Crippen molar-refractivity contribution in [3.63, 3.8) is 0 Å². The van der Waals surface area contributed by atoms with Crippen LogP contribution in [0.3, 0.4) is 0 Å². The maximum absolute atomic E-state index is 13.2. The summed E-state index contributed by atoms with van der Waals surface area (Å²) >= 11 is 1.50. The lowest BCUT2D eigenvalue weighted by molar-refractivity contribution is 0.0917. The number of thiazole rings is 1. The van der Waals surface area contributed by atoms with Gasteiger partial charge in [-0.25, -0.2) is 4.98 Å². The first kappa shape index (κ1) is 17.9. The maximum Gasteiger partial charge on any atom is 0.260 e. The van der Waals surface area contributed by atoms with Gasteiger partial charge in [-0.15, -0.1) is 11.3 Å². The molecule has 4 nitrogen and oxygen atoms in total. The van der Waals surface area contributed by atoms with Crippen LogP contribution in [0.4, 0.5) is 5.13 Å². The number of aryl methyl sites for hydroxylation is 1. The van der Waals surface area contributed by atoms with Crippen LogP contribution >= 0.6 is 11.3 Å². The Hall–Kier alpha value is -2.50. The Morgan fingerprint density at radius 3 is 2.67 bits per heavy atom. The minimum Gasteiger partial charge on any atom is -0.376 e. The quantitative estimate of drug-likeness (QED) is 0.631. The Labute approximate surface area is 163 Å². The summed E-state index contributed by atoms with van der Waals surface area (Å²) < 4.78 is 5.78. The van der Waals surface area contributed by atoms with Crippen LogP contribution in [-0.4, -0.2) is 30.1 Å². The van der Waals surface area contributed by atoms with Crippen molar-refractivity contribution in [3.8, 4) is 11.3 Å². The molecule has 1 aliphatic rings. The number of benzene rings is 2. The second kappa shape index (κ2) is 8.03. The van der Waals surface area contributed by atoms with Gasteiger partial charge in [-0.1, -0.05) is 48.0 Å². The average molecular weight is 378 g/mol. The number of aromatic nitrogens is 1. The van der Waals surface area contributed by atoms with Crippen molar-refractivity contribution in [1.29, 1.82) is 0 Å². The highest BCUT2D eigenvalue weighted by Gasteiger charge is 2.26. The van der Waals surface area contributed by atoms with Crippen LogP contribution < -0.4 is 4.90 Å². The summed E-state index contributed by atoms with van der Waals surface area (Å²) in [7, 11) is 0. The van der Waals surface area contributed by atoms with Gasteiger partial charge in [0.1, 0.15) is 0 Å². The van der Waals surface area contributed by atoms with Gasteiger partial charge >= 0.3 is 0 Å². The molecule has 2 aromatic carbocycles. The van der Waals surface area contributed by atoms with Gasteiger partial charge in [0.05, 0.1) is 18.3 Å². The van der Waals surface area contributed by atoms with Crippen molar-refractivity contribution in [2.24, 2.45) is 0 Å². The molecule has 1 aliphatic heterocycles. The Bertz CT molecular complexity index is 900. The first-order valence-corrected chi connectivity index (χ1v) is 10.1. The molecule has 138 valence electrons. The maximum atomic E-state index is 13.2. The largest absolute Gasteiger partial charge is 0.376 e. The Morgan fingerprint density at radius 1 is 1.19 bits per heavy atom. The molecule has 1 unspecified atom stereocenters. The molecule has 0 saturated carbocycles. The van der Waals surface area contributed by atoms with Gasteiger partial charge in [0.15, 0.2) is 5.13 Å². The number of anilines is 1. The fourth-order valence-electron chi connectivity index (χ4n) is 3.22. The average Bonchev–Trinajstić information content (AvgIpc) is 3.39. The molecule has 1 amide bonds. The molecule has 1 aromatic heterocycles. The highest BCUT2D eigenvalue weighted by atomic mass is 32.1. The van der Waals surface area contributed by atoms with Crippen LogP contribution in [0.15, 0.2) is 60.0 Å². The minimum absolute atomic E-state index is 0.0283. The van der Waals surface area contributed by atoms with E-state index in [0.717, 1.165) is 41.4 Å². The van der Waals surface area contributed by atoms with Gasteiger partial charge in [-0.2, -0.15) is 0 Å². The second-order valence-electron chi connectivity index (χ2n) is 6.80. The number of nitrogens with zero attached hydrogens (tertiary/aromatic N) is 2. The summed E-state index contributed by atoms with van der Waals surface area (Å²) in [5.41, 5.74) is 3.76. The fourth-order valence-corrected chi connectivity index (χ4v) is 4.06. The molecular weight excluding hydrogens is 356 g/mol. The Morgan fingerprint density at radius 2 is 1.96 bits per heavy atom. The van der Waals surface area contributed by atoms with Crippen LogP contribution in [0.25, 0.3) is 11.3 Å². The molecule has 2 heterocycles. The molecule has 1 atom stereocenters. The third-order valence-corrected chi connectivity index (χ3v) is 5.61. The van der Waals surface area contributed by atoms with Crippen molar-refractivity contribution in [1.82, 2.24) is 4.98 Å². The van der Waals surface area contributed by atoms with Crippen molar-refractivity contribution >= 4 is 22.4 Å². The van der Waals surface area contributed by atoms with E-state index in [1.54, 1.807) is 4.90 Å². The normalized spacial score (nSPS) is 16.4. The molecule has 3 aromatic rings. The molecule has 0 N–H and O–H groups in total. The van der Waals surface area contributed by atoms with Gasteiger partial charge in [0, 0.05) is 23.1 Å². The summed E-state index contributed by atoms with van der Waals surface area (Å²) in [6.07, 6.45) is 2.10. The van der Waals surface area contributed by atoms with Crippen molar-refractivity contribution < 1.29 is 9.53 Å². The van der Waals surface area contributed by atoms with E-state index >= 15 is 0 Å². The summed E-state index contributed by atoms with van der Waals surface area (Å²) in [5.74, 6) is -0.0283. The molecule has 0 bridgehead atoms. The SMILES string of the molecule is Cc1ccc(C(=O)N(CC2CCCO2)c2nc(-c3ccccc3)cs2)cc1. The molecule has 5 heteroatoms. The monoisotopic (exact) mass is 378 g/mol. The molecule has 0 aliphatic carbocycles. The topological polar surface area (TPSA) is 42.4 Å². The number of hydrogen-bond donors (Lipinski definition) is 0. The van der Waals surface area contributed by atoms with Crippen molar-refractivity contribution in [2.75, 3.05) is 18.1 Å². The molecule has 1 saturated heterocycles. The third kappa shape index (κ3) is 4.10. The van der Waals surface area contributed by atoms with Gasteiger partial charge in [0.25, 0.3) is 5.91 Å². The van der Waals surface area contributed by atoms with Gasteiger partial charge < -0.3 is 4.74 Å². The zero-order valence-electron chi connectivity index (χ0n) is 15.3. The predicted octanol–water partition coefficient (Wildman–Crippen LogP) is 4.94. The van der Waals surface area contributed by atoms with Crippen LogP contribution in [0.1, 0.15) is 28.8 Å². The second-order valence-corrected chi connectivity index (χ2v) is 7.63. The van der Waals surface area contributed by atoms with Crippen LogP contribution in [0.2, 0.25) is 0 Å². The molecule has 0 spiro atoms. The third-order valence-electron chi connectivity index (χ3n) is 4.75. The van der Waals surface area contributed by atoms with Gasteiger partial charge in [-0.3, -0.25) is 9.69 Å². The van der Waals surface area contributed by atoms with Crippen LogP contribution in [0, 0.1) is 6.92 Å². The molecule has 27 heavy (non-hydrogen) atoms. The first-order chi connectivity index (χ1) is 13.2. The van der Waals surface area contributed by atoms with E-state index in [2.05, 4.69) is 0 Å². The van der Waals surface area contributed by atoms with Crippen molar-refractivity contribution in [3.05, 3.63) is 71.1 Å². The van der Waals surface area contributed by atoms with Gasteiger partial charge in [0.2, 0.25) is 0 Å². The van der Waals surface area contributed by atoms with E-state index in [0.29, 0.717) is 12.1 Å². The van der Waals surface area contributed by atoms with Crippen LogP contribution in [0.5, 0.6) is 0 Å². The Balaban J connectivity index is 1.64. The van der Waals surface area contributed by atoms with E-state index in [1.807, 2.05) is 66.9 Å². The number of carbonyl (C=O) groups is 1. The molecule has 4 rings (SSSR count). The number of rotatable bonds is 5. The van der Waals surface area contributed by atoms with E-state index in [4.69, 9.17) is 9.72 Å². The number of carbonyl (C=O) groups excluding carboxylic acids is 1. The minimum atomic E-state index is -0.0283. The first-order valence-electron chi connectivity index (χ1n) is 9.22. The summed E-state index contributed by atoms with van der Waals surface area (Å²) in [6.45, 7) is 3.32. The van der Waals surface area contributed by atoms with E-state index in [9.17, 15) is 4.79 Å². The highest BCUT2D eigenvalue weighted by Crippen LogP contribution is 2.29. The zero-order chi connectivity index (χ0) is 18.6. The molecule has 0 radical (unpaired) electrons. The van der Waals surface area contributed by atoms with Gasteiger partial charge in [-0.05, 0) is 31.9 Å².